The van der Waals surface area contributed by atoms with E-state index in [4.69, 9.17) is 0 Å². The van der Waals surface area contributed by atoms with Gasteiger partial charge in [-0.3, -0.25) is 14.2 Å². The summed E-state index contributed by atoms with van der Waals surface area (Å²) in [6.45, 7) is 7.07. The van der Waals surface area contributed by atoms with Crippen molar-refractivity contribution < 1.29 is 9.18 Å². The van der Waals surface area contributed by atoms with Gasteiger partial charge in [-0.25, -0.2) is 9.37 Å². The highest BCUT2D eigenvalue weighted by Gasteiger charge is 2.13. The van der Waals surface area contributed by atoms with Gasteiger partial charge >= 0.3 is 0 Å². The Labute approximate surface area is 146 Å². The highest BCUT2D eigenvalue weighted by Crippen LogP contribution is 2.17. The van der Waals surface area contributed by atoms with Crippen LogP contribution in [0.1, 0.15) is 31.5 Å². The summed E-state index contributed by atoms with van der Waals surface area (Å²) < 4.78 is 14.7. The molecule has 1 heterocycles. The fourth-order valence-electron chi connectivity index (χ4n) is 2.29. The van der Waals surface area contributed by atoms with Gasteiger partial charge in [0.25, 0.3) is 5.56 Å². The van der Waals surface area contributed by atoms with Crippen LogP contribution < -0.4 is 16.2 Å². The number of benzene rings is 1. The molecule has 0 aliphatic heterocycles. The molecule has 0 aliphatic carbocycles. The Kier molecular flexibility index (Phi) is 5.90. The summed E-state index contributed by atoms with van der Waals surface area (Å²) in [6.07, 6.45) is 0.798. The molecule has 0 saturated heterocycles. The molecule has 1 atom stereocenters. The van der Waals surface area contributed by atoms with E-state index in [1.807, 2.05) is 13.8 Å². The maximum absolute atomic E-state index is 13.4. The van der Waals surface area contributed by atoms with Crippen LogP contribution in [-0.4, -0.2) is 21.5 Å². The van der Waals surface area contributed by atoms with Crippen molar-refractivity contribution in [2.45, 2.75) is 46.7 Å². The lowest BCUT2D eigenvalue weighted by Gasteiger charge is -2.16. The first kappa shape index (κ1) is 18.6. The molecule has 0 fully saturated rings. The van der Waals surface area contributed by atoms with E-state index in [1.54, 1.807) is 26.0 Å². The second-order valence-electron chi connectivity index (χ2n) is 6.11. The van der Waals surface area contributed by atoms with E-state index in [1.165, 1.54) is 16.7 Å². The van der Waals surface area contributed by atoms with Gasteiger partial charge in [0, 0.05) is 23.5 Å². The Balaban J connectivity index is 2.32. The number of anilines is 2. The van der Waals surface area contributed by atoms with E-state index in [9.17, 15) is 14.0 Å². The van der Waals surface area contributed by atoms with Crippen LogP contribution in [0.15, 0.2) is 29.1 Å². The number of carbonyl (C=O) groups excluding carboxylic acids is 1. The van der Waals surface area contributed by atoms with Crippen LogP contribution in [0, 0.1) is 19.7 Å². The van der Waals surface area contributed by atoms with E-state index in [0.717, 1.165) is 6.42 Å². The van der Waals surface area contributed by atoms with Crippen molar-refractivity contribution in [3.63, 3.8) is 0 Å². The Morgan fingerprint density at radius 2 is 2.04 bits per heavy atom. The zero-order valence-electron chi connectivity index (χ0n) is 14.9. The molecule has 1 aromatic heterocycles. The number of nitrogens with one attached hydrogen (secondary N) is 2. The van der Waals surface area contributed by atoms with E-state index < -0.39 is 0 Å². The minimum absolute atomic E-state index is 0.0257. The standard InChI is InChI=1S/C18H23FN4O2/c1-5-12(3)20-16(24)10-23-17(25)9-13(4)21-18(23)22-14-6-7-15(19)11(2)8-14/h6-9,12H,5,10H2,1-4H3,(H,20,24)(H,21,22). The van der Waals surface area contributed by atoms with Crippen LogP contribution in [0.25, 0.3) is 0 Å². The predicted molar refractivity (Wildman–Crippen MR) is 95.5 cm³/mol. The number of carbonyl (C=O) groups is 1. The summed E-state index contributed by atoms with van der Waals surface area (Å²) in [5.74, 6) is -0.330. The molecule has 6 nitrogen and oxygen atoms in total. The van der Waals surface area contributed by atoms with Crippen molar-refractivity contribution in [2.24, 2.45) is 0 Å². The monoisotopic (exact) mass is 346 g/mol. The van der Waals surface area contributed by atoms with Crippen molar-refractivity contribution >= 4 is 17.5 Å². The lowest BCUT2D eigenvalue weighted by molar-refractivity contribution is -0.122. The number of amides is 1. The molecule has 0 aliphatic rings. The van der Waals surface area contributed by atoms with Gasteiger partial charge in [0.2, 0.25) is 11.9 Å². The van der Waals surface area contributed by atoms with Gasteiger partial charge in [0.05, 0.1) is 0 Å². The lowest BCUT2D eigenvalue weighted by atomic mass is 10.2. The smallest absolute Gasteiger partial charge is 0.255 e. The van der Waals surface area contributed by atoms with Gasteiger partial charge in [0.15, 0.2) is 0 Å². The third-order valence-electron chi connectivity index (χ3n) is 3.87. The summed E-state index contributed by atoms with van der Waals surface area (Å²) in [4.78, 5) is 28.8. The van der Waals surface area contributed by atoms with Gasteiger partial charge in [-0.1, -0.05) is 6.92 Å². The largest absolute Gasteiger partial charge is 0.352 e. The Morgan fingerprint density at radius 3 is 2.68 bits per heavy atom. The van der Waals surface area contributed by atoms with Crippen LogP contribution in [0.5, 0.6) is 0 Å². The minimum atomic E-state index is -0.326. The maximum Gasteiger partial charge on any atom is 0.255 e. The van der Waals surface area contributed by atoms with Crippen molar-refractivity contribution in [1.82, 2.24) is 14.9 Å². The zero-order chi connectivity index (χ0) is 18.6. The second-order valence-corrected chi connectivity index (χ2v) is 6.11. The Bertz CT molecular complexity index is 832. The summed E-state index contributed by atoms with van der Waals surface area (Å²) in [5, 5.41) is 5.82. The van der Waals surface area contributed by atoms with E-state index in [2.05, 4.69) is 15.6 Å². The zero-order valence-corrected chi connectivity index (χ0v) is 14.9. The van der Waals surface area contributed by atoms with Crippen molar-refractivity contribution in [3.05, 3.63) is 51.7 Å². The molecule has 0 bridgehead atoms. The SMILES string of the molecule is CCC(C)NC(=O)Cn1c(Nc2ccc(F)c(C)c2)nc(C)cc1=O. The van der Waals surface area contributed by atoms with Crippen LogP contribution in [0.3, 0.4) is 0 Å². The number of hydrogen-bond acceptors (Lipinski definition) is 4. The van der Waals surface area contributed by atoms with Crippen LogP contribution in [0.4, 0.5) is 16.0 Å². The molecule has 2 aromatic rings. The molecule has 7 heteroatoms. The molecule has 1 amide bonds. The van der Waals surface area contributed by atoms with E-state index >= 15 is 0 Å². The van der Waals surface area contributed by atoms with E-state index in [0.29, 0.717) is 16.9 Å². The molecule has 25 heavy (non-hydrogen) atoms. The molecular formula is C18H23FN4O2. The molecule has 2 rings (SSSR count). The first-order chi connectivity index (χ1) is 11.8. The number of aromatic nitrogens is 2. The van der Waals surface area contributed by atoms with Gasteiger partial charge in [-0.2, -0.15) is 0 Å². The maximum atomic E-state index is 13.4. The fraction of sp³-hybridized carbons (Fsp3) is 0.389. The lowest BCUT2D eigenvalue weighted by Crippen LogP contribution is -2.37. The first-order valence-electron chi connectivity index (χ1n) is 8.21. The highest BCUT2D eigenvalue weighted by atomic mass is 19.1. The molecule has 134 valence electrons. The van der Waals surface area contributed by atoms with Crippen LogP contribution in [-0.2, 0) is 11.3 Å². The highest BCUT2D eigenvalue weighted by molar-refractivity contribution is 5.76. The Hall–Kier alpha value is -2.70. The number of nitrogens with zero attached hydrogens (tertiary/aromatic N) is 2. The quantitative estimate of drug-likeness (QED) is 0.843. The topological polar surface area (TPSA) is 76.0 Å². The molecule has 1 unspecified atom stereocenters. The summed E-state index contributed by atoms with van der Waals surface area (Å²) >= 11 is 0. The first-order valence-corrected chi connectivity index (χ1v) is 8.21. The molecular weight excluding hydrogens is 323 g/mol. The summed E-state index contributed by atoms with van der Waals surface area (Å²) in [5.41, 5.74) is 1.27. The van der Waals surface area contributed by atoms with Gasteiger partial charge in [-0.15, -0.1) is 0 Å². The predicted octanol–water partition coefficient (Wildman–Crippen LogP) is 2.66. The van der Waals surface area contributed by atoms with Crippen LogP contribution >= 0.6 is 0 Å². The number of aryl methyl sites for hydroxylation is 2. The normalized spacial score (nSPS) is 11.9. The van der Waals surface area contributed by atoms with Crippen molar-refractivity contribution in [3.8, 4) is 0 Å². The van der Waals surface area contributed by atoms with Crippen LogP contribution in [0.2, 0.25) is 0 Å². The molecule has 0 spiro atoms. The van der Waals surface area contributed by atoms with E-state index in [-0.39, 0.29) is 35.8 Å². The molecule has 2 N–H and O–H groups in total. The van der Waals surface area contributed by atoms with Gasteiger partial charge < -0.3 is 10.6 Å². The van der Waals surface area contributed by atoms with Gasteiger partial charge in [-0.05, 0) is 51.0 Å². The number of hydrogen-bond donors (Lipinski definition) is 2. The summed E-state index contributed by atoms with van der Waals surface area (Å²) in [6, 6.07) is 5.91. The molecule has 1 aromatic carbocycles. The molecule has 0 radical (unpaired) electrons. The second kappa shape index (κ2) is 7.92. The molecule has 0 saturated carbocycles. The van der Waals surface area contributed by atoms with Gasteiger partial charge in [0.1, 0.15) is 12.4 Å². The Morgan fingerprint density at radius 1 is 1.32 bits per heavy atom. The third kappa shape index (κ3) is 4.89. The number of halogens is 1. The average Bonchev–Trinajstić information content (AvgIpc) is 2.54. The number of rotatable bonds is 6. The van der Waals surface area contributed by atoms with Crippen molar-refractivity contribution in [1.29, 1.82) is 0 Å². The fourth-order valence-corrected chi connectivity index (χ4v) is 2.29. The summed E-state index contributed by atoms with van der Waals surface area (Å²) in [7, 11) is 0. The average molecular weight is 346 g/mol. The minimum Gasteiger partial charge on any atom is -0.352 e. The van der Waals surface area contributed by atoms with Crippen molar-refractivity contribution in [2.75, 3.05) is 5.32 Å². The third-order valence-corrected chi connectivity index (χ3v) is 3.87.